The Morgan fingerprint density at radius 1 is 1.06 bits per heavy atom. The summed E-state index contributed by atoms with van der Waals surface area (Å²) in [6.07, 6.45) is -0.432. The monoisotopic (exact) mass is 243 g/mol. The molecule has 0 radical (unpaired) electrons. The van der Waals surface area contributed by atoms with Crippen LogP contribution in [0.2, 0.25) is 0 Å². The summed E-state index contributed by atoms with van der Waals surface area (Å²) < 4.78 is 12.8. The summed E-state index contributed by atoms with van der Waals surface area (Å²) in [4.78, 5) is 0. The lowest BCUT2D eigenvalue weighted by molar-refractivity contribution is -0.459. The van der Waals surface area contributed by atoms with E-state index in [9.17, 15) is 5.21 Å². The quantitative estimate of drug-likeness (QED) is 0.552. The van der Waals surface area contributed by atoms with E-state index in [-0.39, 0.29) is 23.4 Å². The lowest BCUT2D eigenvalue weighted by atomic mass is 10.1. The molecule has 17 heavy (non-hydrogen) atoms. The number of nitrogens with zero attached hydrogens (tertiary/aromatic N) is 1. The van der Waals surface area contributed by atoms with Gasteiger partial charge in [-0.15, -0.1) is 0 Å². The maximum Gasteiger partial charge on any atom is 0.192 e. The van der Waals surface area contributed by atoms with Gasteiger partial charge in [-0.1, -0.05) is 0 Å². The second kappa shape index (κ2) is 4.58. The first-order valence-corrected chi connectivity index (χ1v) is 6.13. The van der Waals surface area contributed by atoms with E-state index in [2.05, 4.69) is 0 Å². The molecule has 0 N–H and O–H groups in total. The van der Waals surface area contributed by atoms with E-state index in [1.54, 1.807) is 0 Å². The zero-order valence-corrected chi connectivity index (χ0v) is 12.0. The van der Waals surface area contributed by atoms with Crippen molar-refractivity contribution in [2.75, 3.05) is 6.54 Å². The van der Waals surface area contributed by atoms with Crippen molar-refractivity contribution in [3.05, 3.63) is 5.21 Å². The second-order valence-corrected chi connectivity index (χ2v) is 6.62. The summed E-state index contributed by atoms with van der Waals surface area (Å²) in [6, 6.07) is 0. The van der Waals surface area contributed by atoms with Crippen molar-refractivity contribution >= 4 is 5.71 Å². The van der Waals surface area contributed by atoms with E-state index in [1.165, 1.54) is 0 Å². The maximum absolute atomic E-state index is 11.7. The third kappa shape index (κ3) is 4.28. The fourth-order valence-corrected chi connectivity index (χ4v) is 1.91. The molecular weight excluding hydrogens is 218 g/mol. The Labute approximate surface area is 104 Å². The molecule has 0 aromatic rings. The van der Waals surface area contributed by atoms with Crippen LogP contribution in [-0.4, -0.2) is 40.4 Å². The summed E-state index contributed by atoms with van der Waals surface area (Å²) in [5.41, 5.74) is 0.154. The second-order valence-electron chi connectivity index (χ2n) is 6.62. The van der Waals surface area contributed by atoms with Crippen molar-refractivity contribution in [1.29, 1.82) is 0 Å². The van der Waals surface area contributed by atoms with Gasteiger partial charge < -0.3 is 14.7 Å². The van der Waals surface area contributed by atoms with Crippen LogP contribution in [0.3, 0.4) is 0 Å². The van der Waals surface area contributed by atoms with Crippen molar-refractivity contribution in [2.24, 2.45) is 0 Å². The van der Waals surface area contributed by atoms with Gasteiger partial charge in [0.25, 0.3) is 0 Å². The van der Waals surface area contributed by atoms with Gasteiger partial charge >= 0.3 is 0 Å². The van der Waals surface area contributed by atoms with Crippen LogP contribution < -0.4 is 0 Å². The van der Waals surface area contributed by atoms with Crippen LogP contribution >= 0.6 is 0 Å². The molecular formula is C13H25NO3. The minimum atomic E-state index is -0.281. The van der Waals surface area contributed by atoms with Gasteiger partial charge in [0.1, 0.15) is 0 Å². The first-order valence-electron chi connectivity index (χ1n) is 6.13. The summed E-state index contributed by atoms with van der Waals surface area (Å²) in [7, 11) is 0. The molecule has 0 aromatic heterocycles. The summed E-state index contributed by atoms with van der Waals surface area (Å²) in [5, 5.41) is 11.7. The smallest absolute Gasteiger partial charge is 0.192 e. The van der Waals surface area contributed by atoms with Crippen molar-refractivity contribution in [3.8, 4) is 0 Å². The molecule has 1 aliphatic rings. The SMILES string of the molecule is CC1=[N+]([O-])C[C@@H](OC(C)(C)C)[C@@H]1OC(C)(C)C. The molecule has 0 aliphatic carbocycles. The minimum absolute atomic E-state index is 0.188. The topological polar surface area (TPSA) is 44.5 Å². The molecule has 0 bridgehead atoms. The summed E-state index contributed by atoms with van der Waals surface area (Å²) in [6.45, 7) is 14.1. The van der Waals surface area contributed by atoms with E-state index in [1.807, 2.05) is 48.5 Å². The Balaban J connectivity index is 2.80. The van der Waals surface area contributed by atoms with Crippen LogP contribution in [0.15, 0.2) is 0 Å². The molecule has 1 heterocycles. The molecule has 1 aliphatic heterocycles. The number of hydrogen-bond donors (Lipinski definition) is 0. The molecule has 0 amide bonds. The molecule has 0 aromatic carbocycles. The lowest BCUT2D eigenvalue weighted by Crippen LogP contribution is -2.42. The fraction of sp³-hybridized carbons (Fsp3) is 0.923. The molecule has 2 atom stereocenters. The molecule has 0 saturated heterocycles. The Hall–Kier alpha value is -0.610. The normalized spacial score (nSPS) is 26.8. The Morgan fingerprint density at radius 2 is 1.53 bits per heavy atom. The van der Waals surface area contributed by atoms with Gasteiger partial charge in [-0.25, -0.2) is 4.74 Å². The highest BCUT2D eigenvalue weighted by Crippen LogP contribution is 2.24. The van der Waals surface area contributed by atoms with Crippen LogP contribution in [0.4, 0.5) is 0 Å². The third-order valence-corrected chi connectivity index (χ3v) is 2.47. The van der Waals surface area contributed by atoms with Gasteiger partial charge in [0.05, 0.1) is 11.2 Å². The Bertz CT molecular complexity index is 310. The number of ether oxygens (including phenoxy) is 2. The molecule has 4 heteroatoms. The summed E-state index contributed by atoms with van der Waals surface area (Å²) in [5.74, 6) is 0. The third-order valence-electron chi connectivity index (χ3n) is 2.47. The van der Waals surface area contributed by atoms with E-state index in [0.29, 0.717) is 12.3 Å². The van der Waals surface area contributed by atoms with Crippen LogP contribution in [0.1, 0.15) is 48.5 Å². The van der Waals surface area contributed by atoms with Gasteiger partial charge in [0, 0.05) is 6.92 Å². The van der Waals surface area contributed by atoms with E-state index in [4.69, 9.17) is 9.47 Å². The molecule has 1 rings (SSSR count). The van der Waals surface area contributed by atoms with Crippen molar-refractivity contribution < 1.29 is 14.2 Å². The predicted octanol–water partition coefficient (Wildman–Crippen LogP) is 2.34. The molecule has 0 spiro atoms. The number of rotatable bonds is 2. The minimum Gasteiger partial charge on any atom is -0.624 e. The van der Waals surface area contributed by atoms with Crippen LogP contribution in [-0.2, 0) is 9.47 Å². The zero-order valence-electron chi connectivity index (χ0n) is 12.0. The van der Waals surface area contributed by atoms with E-state index >= 15 is 0 Å². The average Bonchev–Trinajstić information content (AvgIpc) is 2.27. The van der Waals surface area contributed by atoms with Crippen molar-refractivity contribution in [2.45, 2.75) is 71.9 Å². The van der Waals surface area contributed by atoms with Gasteiger partial charge in [-0.3, -0.25) is 0 Å². The van der Waals surface area contributed by atoms with Gasteiger partial charge in [0.2, 0.25) is 0 Å². The molecule has 0 fully saturated rings. The van der Waals surface area contributed by atoms with Crippen LogP contribution in [0, 0.1) is 5.21 Å². The van der Waals surface area contributed by atoms with Gasteiger partial charge in [0.15, 0.2) is 24.5 Å². The van der Waals surface area contributed by atoms with Crippen molar-refractivity contribution in [3.63, 3.8) is 0 Å². The highest BCUT2D eigenvalue weighted by molar-refractivity contribution is 5.83. The fourth-order valence-electron chi connectivity index (χ4n) is 1.91. The first-order chi connectivity index (χ1) is 7.49. The standard InChI is InChI=1S/C13H25NO3/c1-9-11(17-13(5,6)7)10(8-14(9)15)16-12(2,3)4/h10-11H,8H2,1-7H3/t10-,11-/m1/s1. The highest BCUT2D eigenvalue weighted by atomic mass is 16.6. The van der Waals surface area contributed by atoms with Gasteiger partial charge in [-0.05, 0) is 41.5 Å². The molecule has 0 saturated carbocycles. The van der Waals surface area contributed by atoms with Crippen LogP contribution in [0.25, 0.3) is 0 Å². The lowest BCUT2D eigenvalue weighted by Gasteiger charge is -2.30. The maximum atomic E-state index is 11.7. The summed E-state index contributed by atoms with van der Waals surface area (Å²) >= 11 is 0. The van der Waals surface area contributed by atoms with Crippen molar-refractivity contribution in [1.82, 2.24) is 0 Å². The van der Waals surface area contributed by atoms with Gasteiger partial charge in [-0.2, -0.15) is 0 Å². The largest absolute Gasteiger partial charge is 0.624 e. The molecule has 4 nitrogen and oxygen atoms in total. The predicted molar refractivity (Wildman–Crippen MR) is 68.4 cm³/mol. The first kappa shape index (κ1) is 14.5. The van der Waals surface area contributed by atoms with E-state index in [0.717, 1.165) is 4.74 Å². The highest BCUT2D eigenvalue weighted by Gasteiger charge is 2.43. The average molecular weight is 243 g/mol. The van der Waals surface area contributed by atoms with E-state index < -0.39 is 0 Å². The zero-order chi connectivity index (χ0) is 13.4. The molecule has 100 valence electrons. The number of hydroxylamine groups is 1. The number of hydrogen-bond acceptors (Lipinski definition) is 3. The van der Waals surface area contributed by atoms with Crippen LogP contribution in [0.5, 0.6) is 0 Å². The molecule has 0 unspecified atom stereocenters. The Morgan fingerprint density at radius 3 is 1.94 bits per heavy atom. The Kier molecular flexibility index (Phi) is 3.89.